The second-order valence-corrected chi connectivity index (χ2v) is 14.6. The number of rotatable bonds is 2. The van der Waals surface area contributed by atoms with Crippen molar-refractivity contribution in [3.63, 3.8) is 0 Å². The molecule has 0 aromatic rings. The fraction of sp³-hybridized carbons (Fsp3) is 0.933. The summed E-state index contributed by atoms with van der Waals surface area (Å²) in [5.41, 5.74) is 3.62. The second kappa shape index (κ2) is 6.86. The third kappa shape index (κ3) is 2.71. The normalized spacial score (nSPS) is 55.5. The Bertz CT molecular complexity index is 752. The van der Waals surface area contributed by atoms with E-state index in [1.165, 1.54) is 70.6 Å². The fourth-order valence-electron chi connectivity index (χ4n) is 11.9. The van der Waals surface area contributed by atoms with Crippen molar-refractivity contribution in [2.24, 2.45) is 56.7 Å². The van der Waals surface area contributed by atoms with Crippen LogP contribution >= 0.6 is 0 Å². The Balaban J connectivity index is 1.51. The molecule has 9 atom stereocenters. The molecule has 5 rings (SSSR count). The smallest absolute Gasteiger partial charge is 0.0641 e. The van der Waals surface area contributed by atoms with Crippen LogP contribution in [0.25, 0.3) is 0 Å². The Hall–Kier alpha value is -0.300. The zero-order valence-electron chi connectivity index (χ0n) is 21.5. The van der Waals surface area contributed by atoms with Crippen LogP contribution in [0.2, 0.25) is 0 Å². The minimum Gasteiger partial charge on any atom is -0.392 e. The zero-order chi connectivity index (χ0) is 22.4. The molecule has 1 unspecified atom stereocenters. The van der Waals surface area contributed by atoms with E-state index >= 15 is 0 Å². The molecule has 5 aliphatic rings. The van der Waals surface area contributed by atoms with Gasteiger partial charge in [0.2, 0.25) is 0 Å². The van der Waals surface area contributed by atoms with Gasteiger partial charge in [0.05, 0.1) is 6.61 Å². The first-order chi connectivity index (χ1) is 14.4. The summed E-state index contributed by atoms with van der Waals surface area (Å²) in [6.45, 7) is 20.6. The predicted octanol–water partition coefficient (Wildman–Crippen LogP) is 8.03. The van der Waals surface area contributed by atoms with Crippen LogP contribution in [0.3, 0.4) is 0 Å². The predicted molar refractivity (Wildman–Crippen MR) is 131 cm³/mol. The molecule has 5 saturated carbocycles. The highest BCUT2D eigenvalue weighted by Gasteiger charge is 2.70. The van der Waals surface area contributed by atoms with Crippen LogP contribution in [-0.2, 0) is 0 Å². The molecule has 1 N–H and O–H groups in total. The second-order valence-electron chi connectivity index (χ2n) is 14.6. The maximum atomic E-state index is 9.83. The van der Waals surface area contributed by atoms with Gasteiger partial charge in [0, 0.05) is 0 Å². The third-order valence-corrected chi connectivity index (χ3v) is 13.4. The summed E-state index contributed by atoms with van der Waals surface area (Å²) < 4.78 is 0. The lowest BCUT2D eigenvalue weighted by molar-refractivity contribution is -0.240. The van der Waals surface area contributed by atoms with Crippen molar-refractivity contribution in [2.45, 2.75) is 112 Å². The highest BCUT2D eigenvalue weighted by Crippen LogP contribution is 2.77. The molecular formula is C30H50O. The van der Waals surface area contributed by atoms with E-state index in [2.05, 4.69) is 48.1 Å². The van der Waals surface area contributed by atoms with Gasteiger partial charge in [-0.3, -0.25) is 0 Å². The van der Waals surface area contributed by atoms with Gasteiger partial charge in [-0.2, -0.15) is 0 Å². The molecule has 0 amide bonds. The Morgan fingerprint density at radius 1 is 0.710 bits per heavy atom. The van der Waals surface area contributed by atoms with Gasteiger partial charge in [0.15, 0.2) is 0 Å². The van der Waals surface area contributed by atoms with E-state index in [9.17, 15) is 5.11 Å². The van der Waals surface area contributed by atoms with Gasteiger partial charge in [-0.1, -0.05) is 54.5 Å². The summed E-state index contributed by atoms with van der Waals surface area (Å²) in [6, 6.07) is 0. The molecule has 0 spiro atoms. The fourth-order valence-corrected chi connectivity index (χ4v) is 11.9. The van der Waals surface area contributed by atoms with Crippen LogP contribution in [0.15, 0.2) is 12.2 Å². The van der Waals surface area contributed by atoms with Gasteiger partial charge in [0.25, 0.3) is 0 Å². The quantitative estimate of drug-likeness (QED) is 0.443. The Labute approximate surface area is 192 Å². The van der Waals surface area contributed by atoms with Crippen molar-refractivity contribution in [1.82, 2.24) is 0 Å². The van der Waals surface area contributed by atoms with Crippen LogP contribution in [0.5, 0.6) is 0 Å². The van der Waals surface area contributed by atoms with E-state index in [4.69, 9.17) is 0 Å². The largest absolute Gasteiger partial charge is 0.392 e. The molecule has 0 heterocycles. The minimum absolute atomic E-state index is 0.189. The zero-order valence-corrected chi connectivity index (χ0v) is 21.5. The monoisotopic (exact) mass is 426 g/mol. The number of hydrogen-bond acceptors (Lipinski definition) is 1. The lowest BCUT2D eigenvalue weighted by atomic mass is 9.32. The summed E-state index contributed by atoms with van der Waals surface area (Å²) >= 11 is 0. The molecule has 0 radical (unpaired) electrons. The SMILES string of the molecule is C=C(CO)[C@H]1CC[C@]2(C)[C@H]3CC[C@@H]4[C@@]5(C)CCCC(C)(C)C5CC[C@@]4(C)[C@]3(C)CC[C@@H]12. The van der Waals surface area contributed by atoms with Crippen molar-refractivity contribution >= 4 is 0 Å². The van der Waals surface area contributed by atoms with E-state index in [1.807, 2.05) is 0 Å². The first-order valence-corrected chi connectivity index (χ1v) is 13.7. The molecule has 5 fully saturated rings. The molecular weight excluding hydrogens is 376 g/mol. The van der Waals surface area contributed by atoms with Gasteiger partial charge >= 0.3 is 0 Å². The minimum atomic E-state index is 0.189. The summed E-state index contributed by atoms with van der Waals surface area (Å²) in [6.07, 6.45) is 15.6. The molecule has 0 aromatic heterocycles. The number of fused-ring (bicyclic) bond motifs is 7. The number of hydrogen-bond donors (Lipinski definition) is 1. The molecule has 176 valence electrons. The molecule has 0 aromatic carbocycles. The third-order valence-electron chi connectivity index (χ3n) is 13.4. The summed E-state index contributed by atoms with van der Waals surface area (Å²) in [5.74, 6) is 4.00. The average Bonchev–Trinajstić information content (AvgIpc) is 3.04. The van der Waals surface area contributed by atoms with E-state index in [0.29, 0.717) is 33.0 Å². The van der Waals surface area contributed by atoms with E-state index in [-0.39, 0.29) is 6.61 Å². The molecule has 0 aliphatic heterocycles. The van der Waals surface area contributed by atoms with Crippen molar-refractivity contribution < 1.29 is 5.11 Å². The van der Waals surface area contributed by atoms with E-state index < -0.39 is 0 Å². The first kappa shape index (κ1) is 22.5. The van der Waals surface area contributed by atoms with Gasteiger partial charge in [0.1, 0.15) is 0 Å². The van der Waals surface area contributed by atoms with Crippen molar-refractivity contribution in [2.75, 3.05) is 6.61 Å². The van der Waals surface area contributed by atoms with Crippen LogP contribution < -0.4 is 0 Å². The lowest BCUT2D eigenvalue weighted by Crippen LogP contribution is -2.65. The van der Waals surface area contributed by atoms with Gasteiger partial charge in [-0.15, -0.1) is 0 Å². The van der Waals surface area contributed by atoms with Gasteiger partial charge in [-0.25, -0.2) is 0 Å². The number of aliphatic hydroxyl groups is 1. The Morgan fingerprint density at radius 2 is 1.32 bits per heavy atom. The molecule has 1 heteroatoms. The van der Waals surface area contributed by atoms with Crippen LogP contribution in [0.1, 0.15) is 112 Å². The highest BCUT2D eigenvalue weighted by molar-refractivity contribution is 5.21. The molecule has 0 saturated heterocycles. The molecule has 5 aliphatic carbocycles. The van der Waals surface area contributed by atoms with Crippen molar-refractivity contribution in [1.29, 1.82) is 0 Å². The van der Waals surface area contributed by atoms with Crippen LogP contribution in [-0.4, -0.2) is 11.7 Å². The lowest BCUT2D eigenvalue weighted by Gasteiger charge is -2.73. The van der Waals surface area contributed by atoms with Crippen LogP contribution in [0, 0.1) is 56.7 Å². The standard InChI is InChI=1S/C30H50O/c1-20(19-31)21-11-16-27(4)22(21)12-17-29(6)24(27)9-10-25-28(5)15-8-14-26(2,3)23(28)13-18-30(25,29)7/h21-25,31H,1,8-19H2,2-7H3/t21-,22+,23?,24-,25-,27+,28+,29-,30-/m1/s1. The molecule has 31 heavy (non-hydrogen) atoms. The summed E-state index contributed by atoms with van der Waals surface area (Å²) in [5, 5.41) is 9.83. The number of aliphatic hydroxyl groups excluding tert-OH is 1. The van der Waals surface area contributed by atoms with E-state index in [1.54, 1.807) is 0 Å². The first-order valence-electron chi connectivity index (χ1n) is 13.7. The maximum absolute atomic E-state index is 9.83. The molecule has 1 nitrogen and oxygen atoms in total. The van der Waals surface area contributed by atoms with Crippen molar-refractivity contribution in [3.05, 3.63) is 12.2 Å². The van der Waals surface area contributed by atoms with Gasteiger partial charge < -0.3 is 5.11 Å². The Morgan fingerprint density at radius 3 is 1.97 bits per heavy atom. The Kier molecular flexibility index (Phi) is 4.98. The van der Waals surface area contributed by atoms with Crippen molar-refractivity contribution in [3.8, 4) is 0 Å². The van der Waals surface area contributed by atoms with E-state index in [0.717, 1.165) is 29.2 Å². The average molecular weight is 427 g/mol. The maximum Gasteiger partial charge on any atom is 0.0641 e. The summed E-state index contributed by atoms with van der Waals surface area (Å²) in [4.78, 5) is 0. The topological polar surface area (TPSA) is 20.2 Å². The van der Waals surface area contributed by atoms with Gasteiger partial charge in [-0.05, 0) is 126 Å². The highest BCUT2D eigenvalue weighted by atomic mass is 16.3. The van der Waals surface area contributed by atoms with Crippen LogP contribution in [0.4, 0.5) is 0 Å². The molecule has 0 bridgehead atoms. The summed E-state index contributed by atoms with van der Waals surface area (Å²) in [7, 11) is 0.